The molecular formula is C25H27N3O8. The second-order valence-corrected chi connectivity index (χ2v) is 7.88. The maximum atomic E-state index is 13.2. The van der Waals surface area contributed by atoms with Gasteiger partial charge in [-0.1, -0.05) is 55.6 Å². The van der Waals surface area contributed by atoms with Gasteiger partial charge in [0.1, 0.15) is 31.0 Å². The molecule has 1 aromatic rings. The number of amides is 3. The van der Waals surface area contributed by atoms with Crippen LogP contribution in [0.5, 0.6) is 0 Å². The highest BCUT2D eigenvalue weighted by Gasteiger charge is 2.55. The number of hydrogen-bond acceptors (Lipinski definition) is 8. The highest BCUT2D eigenvalue weighted by molar-refractivity contribution is 6.07. The van der Waals surface area contributed by atoms with Crippen LogP contribution in [0.4, 0.5) is 4.79 Å². The minimum Gasteiger partial charge on any atom is -0.466 e. The number of nitrogens with one attached hydrogen (secondary N) is 2. The minimum atomic E-state index is -1.15. The number of hydrogen-bond donors (Lipinski definition) is 2. The Morgan fingerprint density at radius 2 is 1.75 bits per heavy atom. The summed E-state index contributed by atoms with van der Waals surface area (Å²) in [5.74, 6) is -2.85. The van der Waals surface area contributed by atoms with Gasteiger partial charge < -0.3 is 24.8 Å². The predicted octanol–water partition coefficient (Wildman–Crippen LogP) is 1.29. The minimum absolute atomic E-state index is 0.0229. The van der Waals surface area contributed by atoms with Gasteiger partial charge >= 0.3 is 18.0 Å². The lowest BCUT2D eigenvalue weighted by Gasteiger charge is -2.50. The van der Waals surface area contributed by atoms with E-state index < -0.39 is 48.0 Å². The van der Waals surface area contributed by atoms with Crippen LogP contribution >= 0.6 is 0 Å². The highest BCUT2D eigenvalue weighted by Crippen LogP contribution is 2.37. The molecule has 11 nitrogen and oxygen atoms in total. The molecule has 36 heavy (non-hydrogen) atoms. The van der Waals surface area contributed by atoms with E-state index in [1.807, 2.05) is 0 Å². The van der Waals surface area contributed by atoms with Crippen LogP contribution in [0.25, 0.3) is 0 Å². The Morgan fingerprint density at radius 1 is 1.08 bits per heavy atom. The summed E-state index contributed by atoms with van der Waals surface area (Å²) in [7, 11) is 1.17. The Bertz CT molecular complexity index is 1100. The maximum Gasteiger partial charge on any atom is 0.408 e. The molecule has 0 radical (unpaired) electrons. The summed E-state index contributed by atoms with van der Waals surface area (Å²) in [6.45, 7) is 6.78. The third-order valence-electron chi connectivity index (χ3n) is 5.68. The Morgan fingerprint density at radius 3 is 2.39 bits per heavy atom. The van der Waals surface area contributed by atoms with Gasteiger partial charge in [-0.05, 0) is 18.4 Å². The Labute approximate surface area is 207 Å². The van der Waals surface area contributed by atoms with Crippen LogP contribution in [0.2, 0.25) is 0 Å². The summed E-state index contributed by atoms with van der Waals surface area (Å²) in [6, 6.07) is 5.73. The number of β-lactam (4-membered cyclic amide) rings is 1. The second-order valence-electron chi connectivity index (χ2n) is 7.88. The second kappa shape index (κ2) is 11.8. The first-order valence-corrected chi connectivity index (χ1v) is 11.2. The number of rotatable bonds is 10. The Hall–Kier alpha value is -4.41. The van der Waals surface area contributed by atoms with Crippen LogP contribution in [-0.2, 0) is 33.4 Å². The molecule has 3 rings (SSSR count). The fraction of sp³-hybridized carbons (Fsp3) is 0.320. The van der Waals surface area contributed by atoms with Crippen molar-refractivity contribution in [1.29, 1.82) is 0 Å². The molecule has 3 atom stereocenters. The van der Waals surface area contributed by atoms with Crippen molar-refractivity contribution in [1.82, 2.24) is 15.5 Å². The van der Waals surface area contributed by atoms with Crippen molar-refractivity contribution in [2.75, 3.05) is 20.3 Å². The average Bonchev–Trinajstić information content (AvgIpc) is 2.90. The summed E-state index contributed by atoms with van der Waals surface area (Å²) in [4.78, 5) is 64.5. The van der Waals surface area contributed by atoms with Gasteiger partial charge in [-0.25, -0.2) is 14.4 Å². The molecule has 0 aromatic heterocycles. The molecule has 2 aliphatic heterocycles. The molecule has 1 fully saturated rings. The van der Waals surface area contributed by atoms with Crippen LogP contribution in [0, 0.1) is 0 Å². The first kappa shape index (κ1) is 26.2. The van der Waals surface area contributed by atoms with Gasteiger partial charge in [0.05, 0.1) is 18.7 Å². The lowest BCUT2D eigenvalue weighted by Crippen LogP contribution is -2.72. The molecule has 3 amide bonds. The summed E-state index contributed by atoms with van der Waals surface area (Å²) < 4.78 is 14.8. The van der Waals surface area contributed by atoms with E-state index in [1.165, 1.54) is 19.3 Å². The number of methoxy groups -OCH3 is 1. The van der Waals surface area contributed by atoms with E-state index in [2.05, 4.69) is 23.8 Å². The first-order chi connectivity index (χ1) is 17.3. The van der Waals surface area contributed by atoms with Gasteiger partial charge in [-0.2, -0.15) is 0 Å². The van der Waals surface area contributed by atoms with Gasteiger partial charge in [0, 0.05) is 0 Å². The van der Waals surface area contributed by atoms with Crippen molar-refractivity contribution in [2.45, 2.75) is 31.0 Å². The third kappa shape index (κ3) is 5.45. The largest absolute Gasteiger partial charge is 0.466 e. The van der Waals surface area contributed by atoms with Gasteiger partial charge in [0.2, 0.25) is 5.91 Å². The third-order valence-corrected chi connectivity index (χ3v) is 5.68. The number of benzene rings is 1. The molecule has 11 heteroatoms. The summed E-state index contributed by atoms with van der Waals surface area (Å²) >= 11 is 0. The van der Waals surface area contributed by atoms with Crippen molar-refractivity contribution >= 4 is 29.8 Å². The Balaban J connectivity index is 1.81. The van der Waals surface area contributed by atoms with Crippen molar-refractivity contribution in [2.24, 2.45) is 0 Å². The molecule has 0 saturated carbocycles. The van der Waals surface area contributed by atoms with E-state index in [9.17, 15) is 24.0 Å². The summed E-state index contributed by atoms with van der Waals surface area (Å²) in [6.07, 6.45) is 2.34. The molecule has 0 spiro atoms. The number of ether oxygens (including phenoxy) is 3. The van der Waals surface area contributed by atoms with Gasteiger partial charge in [-0.3, -0.25) is 14.5 Å². The van der Waals surface area contributed by atoms with Gasteiger partial charge in [-0.15, -0.1) is 0 Å². The number of carbonyl (C=O) groups excluding carboxylic acids is 5. The molecular weight excluding hydrogens is 470 g/mol. The van der Waals surface area contributed by atoms with Crippen molar-refractivity contribution < 1.29 is 38.2 Å². The van der Waals surface area contributed by atoms with E-state index in [1.54, 1.807) is 30.3 Å². The SMILES string of the molecule is C=CCOC(=O)NC(C(=O)N[C@@H]1C(=O)N2C(C(=O)OCC=C)=C(C(=O)OC)CC[C@H]12)c1ccccc1. The predicted molar refractivity (Wildman–Crippen MR) is 126 cm³/mol. The monoisotopic (exact) mass is 497 g/mol. The van der Waals surface area contributed by atoms with Crippen LogP contribution in [0.1, 0.15) is 24.4 Å². The van der Waals surface area contributed by atoms with Crippen LogP contribution in [0.15, 0.2) is 66.9 Å². The number of alkyl carbamates (subject to hydrolysis) is 1. The van der Waals surface area contributed by atoms with Crippen molar-refractivity contribution in [3.8, 4) is 0 Å². The Kier molecular flexibility index (Phi) is 8.61. The van der Waals surface area contributed by atoms with Gasteiger partial charge in [0.25, 0.3) is 5.91 Å². The van der Waals surface area contributed by atoms with Crippen LogP contribution in [-0.4, -0.2) is 67.2 Å². The molecule has 0 aliphatic carbocycles. The number of carbonyl (C=O) groups is 5. The van der Waals surface area contributed by atoms with Crippen molar-refractivity contribution in [3.63, 3.8) is 0 Å². The van der Waals surface area contributed by atoms with E-state index in [0.29, 0.717) is 12.0 Å². The maximum absolute atomic E-state index is 13.2. The van der Waals surface area contributed by atoms with E-state index in [-0.39, 0.29) is 30.9 Å². The zero-order valence-electron chi connectivity index (χ0n) is 19.7. The van der Waals surface area contributed by atoms with Crippen molar-refractivity contribution in [3.05, 3.63) is 72.5 Å². The molecule has 2 heterocycles. The fourth-order valence-electron chi connectivity index (χ4n) is 4.05. The molecule has 1 saturated heterocycles. The molecule has 2 aliphatic rings. The summed E-state index contributed by atoms with van der Waals surface area (Å²) in [5.41, 5.74) is 0.287. The van der Waals surface area contributed by atoms with E-state index >= 15 is 0 Å². The summed E-state index contributed by atoms with van der Waals surface area (Å²) in [5, 5.41) is 5.15. The topological polar surface area (TPSA) is 140 Å². The lowest BCUT2D eigenvalue weighted by atomic mass is 9.83. The number of nitrogens with zero attached hydrogens (tertiary/aromatic N) is 1. The average molecular weight is 498 g/mol. The first-order valence-electron chi connectivity index (χ1n) is 11.2. The quantitative estimate of drug-likeness (QED) is 0.213. The van der Waals surface area contributed by atoms with E-state index in [4.69, 9.17) is 14.2 Å². The standard InChI is InChI=1S/C25H27N3O8/c1-4-13-35-24(32)20-16(23(31)34-3)11-12-17-19(22(30)28(17)20)26-21(29)18(15-9-7-6-8-10-15)27-25(33)36-14-5-2/h4-10,17-19H,1-2,11-14H2,3H3,(H,26,29)(H,27,33)/t17-,18?,19+/m1/s1. The fourth-order valence-corrected chi connectivity index (χ4v) is 4.05. The number of esters is 2. The van der Waals surface area contributed by atoms with E-state index in [0.717, 1.165) is 4.90 Å². The zero-order valence-corrected chi connectivity index (χ0v) is 19.7. The lowest BCUT2D eigenvalue weighted by molar-refractivity contribution is -0.158. The normalized spacial score (nSPS) is 19.1. The highest BCUT2D eigenvalue weighted by atomic mass is 16.5. The smallest absolute Gasteiger partial charge is 0.408 e. The van der Waals surface area contributed by atoms with Gasteiger partial charge in [0.15, 0.2) is 0 Å². The molecule has 1 aromatic carbocycles. The van der Waals surface area contributed by atoms with Crippen LogP contribution in [0.3, 0.4) is 0 Å². The molecule has 2 N–H and O–H groups in total. The molecule has 0 bridgehead atoms. The number of fused-ring (bicyclic) bond motifs is 1. The zero-order chi connectivity index (χ0) is 26.2. The van der Waals surface area contributed by atoms with Crippen LogP contribution < -0.4 is 10.6 Å². The molecule has 190 valence electrons. The molecule has 1 unspecified atom stereocenters.